The molecule has 0 saturated carbocycles. The van der Waals surface area contributed by atoms with Crippen LogP contribution in [0.25, 0.3) is 10.9 Å². The predicted molar refractivity (Wildman–Crippen MR) is 109 cm³/mol. The number of hydrogen-bond donors (Lipinski definition) is 1. The van der Waals surface area contributed by atoms with Gasteiger partial charge in [-0.25, -0.2) is 18.7 Å². The van der Waals surface area contributed by atoms with E-state index >= 15 is 0 Å². The summed E-state index contributed by atoms with van der Waals surface area (Å²) in [6, 6.07) is 15.9. The molecule has 2 heterocycles. The molecule has 8 heteroatoms. The zero-order chi connectivity index (χ0) is 20.9. The Balaban J connectivity index is 1.69. The number of carbonyl (C=O) groups is 1. The highest BCUT2D eigenvalue weighted by molar-refractivity contribution is 5.92. The predicted octanol–water partition coefficient (Wildman–Crippen LogP) is 3.45. The zero-order valence-electron chi connectivity index (χ0n) is 16.3. The first kappa shape index (κ1) is 20.2. The van der Waals surface area contributed by atoms with Gasteiger partial charge in [-0.15, -0.1) is 0 Å². The minimum atomic E-state index is -2.81. The number of aromatic nitrogens is 2. The molecule has 4 rings (SSSR count). The first-order valence-corrected chi connectivity index (χ1v) is 9.83. The van der Waals surface area contributed by atoms with E-state index in [1.165, 1.54) is 0 Å². The van der Waals surface area contributed by atoms with Gasteiger partial charge in [-0.2, -0.15) is 0 Å². The van der Waals surface area contributed by atoms with Crippen molar-refractivity contribution < 1.29 is 18.3 Å². The van der Waals surface area contributed by atoms with E-state index in [0.717, 1.165) is 5.56 Å². The number of benzene rings is 2. The maximum atomic E-state index is 13.4. The van der Waals surface area contributed by atoms with Crippen molar-refractivity contribution in [3.63, 3.8) is 0 Å². The summed E-state index contributed by atoms with van der Waals surface area (Å²) in [5.41, 5.74) is 1.37. The molecule has 1 fully saturated rings. The standard InChI is InChI=1S/C22H22F2N4O2/c23-19(24)21-25-17-9-5-4-8-16(17)20(27-21)26-18(14-15-6-2-1-3-7-15)22(29)28-10-12-30-13-11-28/h1-9,18-19H,10-14H2,(H,25,26,27). The van der Waals surface area contributed by atoms with E-state index in [4.69, 9.17) is 4.74 Å². The quantitative estimate of drug-likeness (QED) is 0.672. The van der Waals surface area contributed by atoms with Gasteiger partial charge in [0.25, 0.3) is 6.43 Å². The molecule has 30 heavy (non-hydrogen) atoms. The third-order valence-electron chi connectivity index (χ3n) is 5.03. The summed E-state index contributed by atoms with van der Waals surface area (Å²) in [4.78, 5) is 23.0. The number of rotatable bonds is 6. The van der Waals surface area contributed by atoms with Crippen molar-refractivity contribution in [3.05, 3.63) is 66.0 Å². The van der Waals surface area contributed by atoms with E-state index in [1.807, 2.05) is 30.3 Å². The van der Waals surface area contributed by atoms with Crippen molar-refractivity contribution in [1.29, 1.82) is 0 Å². The number of anilines is 1. The molecule has 2 aromatic carbocycles. The molecule has 1 unspecified atom stereocenters. The van der Waals surface area contributed by atoms with Crippen LogP contribution in [0.4, 0.5) is 14.6 Å². The van der Waals surface area contributed by atoms with Crippen LogP contribution >= 0.6 is 0 Å². The fraction of sp³-hybridized carbons (Fsp3) is 0.318. The van der Waals surface area contributed by atoms with Crippen molar-refractivity contribution in [2.75, 3.05) is 31.6 Å². The normalized spacial score (nSPS) is 15.4. The monoisotopic (exact) mass is 412 g/mol. The molecular formula is C22H22F2N4O2. The van der Waals surface area contributed by atoms with Gasteiger partial charge in [-0.1, -0.05) is 42.5 Å². The average molecular weight is 412 g/mol. The number of hydrogen-bond acceptors (Lipinski definition) is 5. The molecule has 0 spiro atoms. The second-order valence-corrected chi connectivity index (χ2v) is 7.07. The van der Waals surface area contributed by atoms with Gasteiger partial charge in [0.1, 0.15) is 11.9 Å². The van der Waals surface area contributed by atoms with Crippen LogP contribution in [-0.2, 0) is 16.0 Å². The number of ether oxygens (including phenoxy) is 1. The smallest absolute Gasteiger partial charge is 0.297 e. The fourth-order valence-corrected chi connectivity index (χ4v) is 3.52. The Morgan fingerprint density at radius 2 is 1.73 bits per heavy atom. The molecule has 1 aliphatic rings. The van der Waals surface area contributed by atoms with Gasteiger partial charge < -0.3 is 15.0 Å². The van der Waals surface area contributed by atoms with E-state index in [1.54, 1.807) is 29.2 Å². The van der Waals surface area contributed by atoms with Crippen LogP contribution in [-0.4, -0.2) is 53.1 Å². The number of para-hydroxylation sites is 1. The largest absolute Gasteiger partial charge is 0.378 e. The molecule has 0 aliphatic carbocycles. The zero-order valence-corrected chi connectivity index (χ0v) is 16.3. The lowest BCUT2D eigenvalue weighted by atomic mass is 10.0. The molecule has 1 N–H and O–H groups in total. The van der Waals surface area contributed by atoms with E-state index in [-0.39, 0.29) is 11.7 Å². The molecule has 0 bridgehead atoms. The van der Waals surface area contributed by atoms with Gasteiger partial charge in [0.2, 0.25) is 5.91 Å². The number of halogens is 2. The molecule has 0 radical (unpaired) electrons. The third kappa shape index (κ3) is 4.54. The molecule has 1 amide bonds. The Morgan fingerprint density at radius 1 is 1.03 bits per heavy atom. The molecule has 3 aromatic rings. The summed E-state index contributed by atoms with van der Waals surface area (Å²) in [5, 5.41) is 3.74. The van der Waals surface area contributed by atoms with Crippen molar-refractivity contribution >= 4 is 22.6 Å². The minimum Gasteiger partial charge on any atom is -0.378 e. The van der Waals surface area contributed by atoms with Gasteiger partial charge in [-0.3, -0.25) is 4.79 Å². The lowest BCUT2D eigenvalue weighted by Gasteiger charge is -2.31. The molecule has 6 nitrogen and oxygen atoms in total. The van der Waals surface area contributed by atoms with Crippen LogP contribution in [0, 0.1) is 0 Å². The second kappa shape index (κ2) is 9.13. The van der Waals surface area contributed by atoms with Crippen LogP contribution < -0.4 is 5.32 Å². The number of morpholine rings is 1. The van der Waals surface area contributed by atoms with Gasteiger partial charge >= 0.3 is 0 Å². The van der Waals surface area contributed by atoms with Crippen LogP contribution in [0.15, 0.2) is 54.6 Å². The Labute approximate surface area is 172 Å². The van der Waals surface area contributed by atoms with Crippen LogP contribution in [0.5, 0.6) is 0 Å². The highest BCUT2D eigenvalue weighted by Crippen LogP contribution is 2.25. The minimum absolute atomic E-state index is 0.108. The first-order chi connectivity index (χ1) is 14.6. The molecule has 1 saturated heterocycles. The van der Waals surface area contributed by atoms with Gasteiger partial charge in [-0.05, 0) is 17.7 Å². The molecule has 1 aliphatic heterocycles. The van der Waals surface area contributed by atoms with E-state index in [0.29, 0.717) is 43.6 Å². The first-order valence-electron chi connectivity index (χ1n) is 9.83. The summed E-state index contributed by atoms with van der Waals surface area (Å²) in [5.74, 6) is -0.435. The maximum absolute atomic E-state index is 13.4. The topological polar surface area (TPSA) is 67.4 Å². The van der Waals surface area contributed by atoms with Crippen molar-refractivity contribution in [3.8, 4) is 0 Å². The van der Waals surface area contributed by atoms with Crippen LogP contribution in [0.1, 0.15) is 17.8 Å². The summed E-state index contributed by atoms with van der Waals surface area (Å²) >= 11 is 0. The Hall–Kier alpha value is -3.13. The summed E-state index contributed by atoms with van der Waals surface area (Å²) in [6.45, 7) is 1.96. The van der Waals surface area contributed by atoms with Crippen LogP contribution in [0.3, 0.4) is 0 Å². The SMILES string of the molecule is O=C(C(Cc1ccccc1)Nc1nc(C(F)F)nc2ccccc12)N1CCOCC1. The number of nitrogens with zero attached hydrogens (tertiary/aromatic N) is 3. The highest BCUT2D eigenvalue weighted by Gasteiger charge is 2.27. The Bertz CT molecular complexity index is 1010. The van der Waals surface area contributed by atoms with Crippen molar-refractivity contribution in [1.82, 2.24) is 14.9 Å². The Kier molecular flexibility index (Phi) is 6.13. The summed E-state index contributed by atoms with van der Waals surface area (Å²) in [7, 11) is 0. The second-order valence-electron chi connectivity index (χ2n) is 7.07. The summed E-state index contributed by atoms with van der Waals surface area (Å²) < 4.78 is 32.1. The number of carbonyl (C=O) groups excluding carboxylic acids is 1. The molecule has 156 valence electrons. The number of alkyl halides is 2. The van der Waals surface area contributed by atoms with E-state index < -0.39 is 18.3 Å². The van der Waals surface area contributed by atoms with Gasteiger partial charge in [0.05, 0.1) is 18.7 Å². The van der Waals surface area contributed by atoms with E-state index in [9.17, 15) is 13.6 Å². The van der Waals surface area contributed by atoms with Gasteiger partial charge in [0.15, 0.2) is 5.82 Å². The van der Waals surface area contributed by atoms with Crippen LogP contribution in [0.2, 0.25) is 0 Å². The Morgan fingerprint density at radius 3 is 2.47 bits per heavy atom. The fourth-order valence-electron chi connectivity index (χ4n) is 3.52. The van der Waals surface area contributed by atoms with Crippen molar-refractivity contribution in [2.45, 2.75) is 18.9 Å². The van der Waals surface area contributed by atoms with Gasteiger partial charge in [0, 0.05) is 24.9 Å². The molecule has 1 atom stereocenters. The lowest BCUT2D eigenvalue weighted by molar-refractivity contribution is -0.136. The lowest BCUT2D eigenvalue weighted by Crippen LogP contribution is -2.49. The molecular weight excluding hydrogens is 390 g/mol. The van der Waals surface area contributed by atoms with E-state index in [2.05, 4.69) is 15.3 Å². The number of nitrogens with one attached hydrogen (secondary N) is 1. The summed E-state index contributed by atoms with van der Waals surface area (Å²) in [6.07, 6.45) is -2.41. The average Bonchev–Trinajstić information content (AvgIpc) is 2.79. The number of fused-ring (bicyclic) bond motifs is 1. The number of amides is 1. The maximum Gasteiger partial charge on any atom is 0.297 e. The highest BCUT2D eigenvalue weighted by atomic mass is 19.3. The van der Waals surface area contributed by atoms with Crippen molar-refractivity contribution in [2.24, 2.45) is 0 Å². The third-order valence-corrected chi connectivity index (χ3v) is 5.03. The molecule has 1 aromatic heterocycles.